The van der Waals surface area contributed by atoms with Crippen LogP contribution in [0.3, 0.4) is 0 Å². The quantitative estimate of drug-likeness (QED) is 0.542. The second-order valence-electron chi connectivity index (χ2n) is 3.23. The molecule has 2 rings (SSSR count). The molecule has 2 saturated carbocycles. The van der Waals surface area contributed by atoms with Gasteiger partial charge in [0, 0.05) is 0 Å². The summed E-state index contributed by atoms with van der Waals surface area (Å²) >= 11 is 0. The van der Waals surface area contributed by atoms with Crippen LogP contribution >= 0.6 is 0 Å². The lowest BCUT2D eigenvalue weighted by Gasteiger charge is -2.36. The standard InChI is InChI=1S/C7H12O/c8-7(4-1-5-7)6-2-3-6/h6,8H,1-5H2. The summed E-state index contributed by atoms with van der Waals surface area (Å²) in [7, 11) is 0. The van der Waals surface area contributed by atoms with Crippen molar-refractivity contribution in [2.24, 2.45) is 5.92 Å². The molecule has 0 heterocycles. The van der Waals surface area contributed by atoms with Crippen molar-refractivity contribution < 1.29 is 5.11 Å². The van der Waals surface area contributed by atoms with Crippen molar-refractivity contribution in [1.29, 1.82) is 0 Å². The molecule has 1 heteroatoms. The maximum Gasteiger partial charge on any atom is 0.0675 e. The molecule has 0 atom stereocenters. The van der Waals surface area contributed by atoms with E-state index in [1.165, 1.54) is 19.3 Å². The molecule has 0 aromatic rings. The van der Waals surface area contributed by atoms with Crippen LogP contribution in [-0.4, -0.2) is 10.7 Å². The van der Waals surface area contributed by atoms with Crippen LogP contribution in [-0.2, 0) is 0 Å². The monoisotopic (exact) mass is 112 g/mol. The second-order valence-corrected chi connectivity index (χ2v) is 3.23. The third-order valence-electron chi connectivity index (χ3n) is 2.56. The van der Waals surface area contributed by atoms with E-state index in [1.807, 2.05) is 0 Å². The van der Waals surface area contributed by atoms with E-state index in [1.54, 1.807) is 0 Å². The molecule has 1 N–H and O–H groups in total. The third-order valence-corrected chi connectivity index (χ3v) is 2.56. The first-order chi connectivity index (χ1) is 3.81. The molecule has 0 aromatic carbocycles. The van der Waals surface area contributed by atoms with Crippen LogP contribution in [0.25, 0.3) is 0 Å². The SMILES string of the molecule is OC1(C2CC2)CCC1. The zero-order valence-electron chi connectivity index (χ0n) is 5.06. The van der Waals surface area contributed by atoms with Gasteiger partial charge in [-0.2, -0.15) is 0 Å². The highest BCUT2D eigenvalue weighted by Gasteiger charge is 2.47. The highest BCUT2D eigenvalue weighted by atomic mass is 16.3. The Hall–Kier alpha value is -0.0400. The van der Waals surface area contributed by atoms with E-state index in [4.69, 9.17) is 0 Å². The number of aliphatic hydroxyl groups is 1. The van der Waals surface area contributed by atoms with Gasteiger partial charge in [-0.25, -0.2) is 0 Å². The maximum atomic E-state index is 9.55. The molecule has 1 nitrogen and oxygen atoms in total. The summed E-state index contributed by atoms with van der Waals surface area (Å²) in [6.07, 6.45) is 6.00. The van der Waals surface area contributed by atoms with Crippen molar-refractivity contribution in [1.82, 2.24) is 0 Å². The number of hydrogen-bond acceptors (Lipinski definition) is 1. The predicted octanol–water partition coefficient (Wildman–Crippen LogP) is 1.31. The fourth-order valence-corrected chi connectivity index (χ4v) is 1.57. The van der Waals surface area contributed by atoms with Crippen molar-refractivity contribution in [3.8, 4) is 0 Å². The van der Waals surface area contributed by atoms with E-state index in [2.05, 4.69) is 0 Å². The average molecular weight is 112 g/mol. The van der Waals surface area contributed by atoms with E-state index in [9.17, 15) is 5.11 Å². The van der Waals surface area contributed by atoms with Gasteiger partial charge in [-0.3, -0.25) is 0 Å². The van der Waals surface area contributed by atoms with Crippen LogP contribution in [0.5, 0.6) is 0 Å². The smallest absolute Gasteiger partial charge is 0.0675 e. The van der Waals surface area contributed by atoms with Gasteiger partial charge < -0.3 is 5.11 Å². The predicted molar refractivity (Wildman–Crippen MR) is 31.5 cm³/mol. The summed E-state index contributed by atoms with van der Waals surface area (Å²) in [5.41, 5.74) is -0.167. The Morgan fingerprint density at radius 3 is 2.00 bits per heavy atom. The Kier molecular flexibility index (Phi) is 0.762. The van der Waals surface area contributed by atoms with Crippen LogP contribution < -0.4 is 0 Å². The van der Waals surface area contributed by atoms with Gasteiger partial charge >= 0.3 is 0 Å². The lowest BCUT2D eigenvalue weighted by Crippen LogP contribution is -2.38. The molecule has 2 aliphatic carbocycles. The van der Waals surface area contributed by atoms with Gasteiger partial charge in [0.25, 0.3) is 0 Å². The van der Waals surface area contributed by atoms with E-state index < -0.39 is 0 Å². The number of rotatable bonds is 1. The van der Waals surface area contributed by atoms with Crippen molar-refractivity contribution in [3.05, 3.63) is 0 Å². The molecule has 2 fully saturated rings. The Bertz CT molecular complexity index is 101. The first kappa shape index (κ1) is 4.80. The van der Waals surface area contributed by atoms with E-state index in [-0.39, 0.29) is 5.60 Å². The van der Waals surface area contributed by atoms with Crippen LogP contribution in [0, 0.1) is 5.92 Å². The summed E-state index contributed by atoms with van der Waals surface area (Å²) < 4.78 is 0. The summed E-state index contributed by atoms with van der Waals surface area (Å²) in [4.78, 5) is 0. The molecule has 8 heavy (non-hydrogen) atoms. The summed E-state index contributed by atoms with van der Waals surface area (Å²) in [6, 6.07) is 0. The topological polar surface area (TPSA) is 20.2 Å². The zero-order chi connectivity index (χ0) is 5.61. The molecule has 2 aliphatic rings. The summed E-state index contributed by atoms with van der Waals surface area (Å²) in [5.74, 6) is 0.705. The molecular formula is C7H12O. The molecule has 0 unspecified atom stereocenters. The summed E-state index contributed by atoms with van der Waals surface area (Å²) in [6.45, 7) is 0. The number of hydrogen-bond donors (Lipinski definition) is 1. The van der Waals surface area contributed by atoms with Gasteiger partial charge in [-0.05, 0) is 38.0 Å². The minimum Gasteiger partial charge on any atom is -0.390 e. The minimum atomic E-state index is -0.167. The lowest BCUT2D eigenvalue weighted by molar-refractivity contribution is -0.0529. The lowest BCUT2D eigenvalue weighted by atomic mass is 9.77. The van der Waals surface area contributed by atoms with Crippen molar-refractivity contribution in [2.75, 3.05) is 0 Å². The van der Waals surface area contributed by atoms with Crippen molar-refractivity contribution >= 4 is 0 Å². The maximum absolute atomic E-state index is 9.55. The molecule has 0 aliphatic heterocycles. The Balaban J connectivity index is 1.99. The third kappa shape index (κ3) is 0.510. The fraction of sp³-hybridized carbons (Fsp3) is 1.00. The molecule has 0 amide bonds. The largest absolute Gasteiger partial charge is 0.390 e. The molecule has 46 valence electrons. The Morgan fingerprint density at radius 2 is 1.88 bits per heavy atom. The van der Waals surface area contributed by atoms with Crippen LogP contribution in [0.15, 0.2) is 0 Å². The Morgan fingerprint density at radius 1 is 1.25 bits per heavy atom. The average Bonchev–Trinajstić information content (AvgIpc) is 2.38. The fourth-order valence-electron chi connectivity index (χ4n) is 1.57. The van der Waals surface area contributed by atoms with Gasteiger partial charge in [0.05, 0.1) is 5.60 Å². The molecule has 0 bridgehead atoms. The molecule has 0 aromatic heterocycles. The van der Waals surface area contributed by atoms with Crippen LogP contribution in [0.1, 0.15) is 32.1 Å². The van der Waals surface area contributed by atoms with Gasteiger partial charge in [-0.1, -0.05) is 0 Å². The second kappa shape index (κ2) is 1.27. The van der Waals surface area contributed by atoms with Gasteiger partial charge in [0.1, 0.15) is 0 Å². The van der Waals surface area contributed by atoms with Gasteiger partial charge in [-0.15, -0.1) is 0 Å². The minimum absolute atomic E-state index is 0.167. The van der Waals surface area contributed by atoms with Crippen LogP contribution in [0.2, 0.25) is 0 Å². The van der Waals surface area contributed by atoms with Crippen molar-refractivity contribution in [2.45, 2.75) is 37.7 Å². The molecular weight excluding hydrogens is 100 g/mol. The normalized spacial score (nSPS) is 34.1. The molecule has 0 radical (unpaired) electrons. The highest BCUT2D eigenvalue weighted by Crippen LogP contribution is 2.49. The van der Waals surface area contributed by atoms with Crippen molar-refractivity contribution in [3.63, 3.8) is 0 Å². The van der Waals surface area contributed by atoms with E-state index in [0.29, 0.717) is 5.92 Å². The first-order valence-electron chi connectivity index (χ1n) is 3.54. The van der Waals surface area contributed by atoms with Crippen LogP contribution in [0.4, 0.5) is 0 Å². The zero-order valence-corrected chi connectivity index (χ0v) is 5.06. The van der Waals surface area contributed by atoms with E-state index in [0.717, 1.165) is 12.8 Å². The Labute approximate surface area is 49.7 Å². The highest BCUT2D eigenvalue weighted by molar-refractivity contribution is 4.99. The van der Waals surface area contributed by atoms with E-state index >= 15 is 0 Å². The molecule has 0 spiro atoms. The summed E-state index contributed by atoms with van der Waals surface area (Å²) in [5, 5.41) is 9.55. The van der Waals surface area contributed by atoms with Gasteiger partial charge in [0.15, 0.2) is 0 Å². The molecule has 0 saturated heterocycles. The van der Waals surface area contributed by atoms with Gasteiger partial charge in [0.2, 0.25) is 0 Å². The first-order valence-corrected chi connectivity index (χ1v) is 3.54.